The Morgan fingerprint density at radius 3 is 2.86 bits per heavy atom. The van der Waals surface area contributed by atoms with Crippen molar-refractivity contribution in [3.05, 3.63) is 24.5 Å². The standard InChI is InChI=1S/C10H13N3O/c1-14-10-6-9(11-7-12-10)13-8-4-2-3-5-8/h2-3,6-8H,4-5H2,1H3,(H,11,12,13). The lowest BCUT2D eigenvalue weighted by Gasteiger charge is -2.12. The number of rotatable bonds is 3. The van der Waals surface area contributed by atoms with Gasteiger partial charge in [0.2, 0.25) is 5.88 Å². The van der Waals surface area contributed by atoms with Crippen LogP contribution in [0.2, 0.25) is 0 Å². The molecule has 2 rings (SSSR count). The van der Waals surface area contributed by atoms with E-state index in [0.717, 1.165) is 18.7 Å². The van der Waals surface area contributed by atoms with Crippen molar-refractivity contribution in [1.82, 2.24) is 9.97 Å². The van der Waals surface area contributed by atoms with Crippen LogP contribution in [-0.2, 0) is 0 Å². The highest BCUT2D eigenvalue weighted by molar-refractivity contribution is 5.38. The molecule has 1 heterocycles. The molecule has 0 fully saturated rings. The third-order valence-corrected chi connectivity index (χ3v) is 2.21. The van der Waals surface area contributed by atoms with E-state index in [4.69, 9.17) is 4.74 Å². The lowest BCUT2D eigenvalue weighted by atomic mass is 10.2. The maximum Gasteiger partial charge on any atom is 0.218 e. The quantitative estimate of drug-likeness (QED) is 0.737. The van der Waals surface area contributed by atoms with Crippen LogP contribution in [0.5, 0.6) is 5.88 Å². The number of aromatic nitrogens is 2. The van der Waals surface area contributed by atoms with Gasteiger partial charge in [-0.3, -0.25) is 0 Å². The molecule has 0 amide bonds. The molecule has 0 radical (unpaired) electrons. The van der Waals surface area contributed by atoms with E-state index in [1.807, 2.05) is 0 Å². The van der Waals surface area contributed by atoms with Gasteiger partial charge in [0.1, 0.15) is 12.1 Å². The average Bonchev–Trinajstić information content (AvgIpc) is 2.71. The van der Waals surface area contributed by atoms with E-state index < -0.39 is 0 Å². The van der Waals surface area contributed by atoms with Crippen molar-refractivity contribution < 1.29 is 4.74 Å². The van der Waals surface area contributed by atoms with Crippen LogP contribution >= 0.6 is 0 Å². The third kappa shape index (κ3) is 2.02. The summed E-state index contributed by atoms with van der Waals surface area (Å²) in [6.45, 7) is 0. The highest BCUT2D eigenvalue weighted by Crippen LogP contribution is 2.17. The van der Waals surface area contributed by atoms with Crippen molar-refractivity contribution in [2.75, 3.05) is 12.4 Å². The molecular formula is C10H13N3O. The van der Waals surface area contributed by atoms with Gasteiger partial charge in [-0.05, 0) is 12.8 Å². The summed E-state index contributed by atoms with van der Waals surface area (Å²) in [6.07, 6.45) is 7.98. The average molecular weight is 191 g/mol. The van der Waals surface area contributed by atoms with E-state index >= 15 is 0 Å². The minimum absolute atomic E-state index is 0.467. The van der Waals surface area contributed by atoms with E-state index in [-0.39, 0.29) is 0 Å². The second-order valence-electron chi connectivity index (χ2n) is 3.23. The predicted molar refractivity (Wildman–Crippen MR) is 54.4 cm³/mol. The summed E-state index contributed by atoms with van der Waals surface area (Å²) in [7, 11) is 1.60. The molecule has 74 valence electrons. The Bertz CT molecular complexity index is 330. The molecule has 4 heteroatoms. The van der Waals surface area contributed by atoms with Gasteiger partial charge in [0.15, 0.2) is 0 Å². The van der Waals surface area contributed by atoms with Gasteiger partial charge in [0, 0.05) is 12.1 Å². The van der Waals surface area contributed by atoms with E-state index in [2.05, 4.69) is 27.4 Å². The summed E-state index contributed by atoms with van der Waals surface area (Å²) < 4.78 is 5.01. The molecule has 0 spiro atoms. The topological polar surface area (TPSA) is 47.0 Å². The van der Waals surface area contributed by atoms with E-state index in [1.54, 1.807) is 13.2 Å². The van der Waals surface area contributed by atoms with Gasteiger partial charge in [0.25, 0.3) is 0 Å². The number of nitrogens with one attached hydrogen (secondary N) is 1. The fourth-order valence-electron chi connectivity index (χ4n) is 1.47. The Hall–Kier alpha value is -1.58. The Kier molecular flexibility index (Phi) is 2.62. The highest BCUT2D eigenvalue weighted by Gasteiger charge is 2.10. The molecule has 0 saturated heterocycles. The molecule has 0 aliphatic heterocycles. The first-order valence-corrected chi connectivity index (χ1v) is 4.66. The maximum absolute atomic E-state index is 5.01. The molecule has 0 aromatic carbocycles. The summed E-state index contributed by atoms with van der Waals surface area (Å²) in [6, 6.07) is 2.27. The van der Waals surface area contributed by atoms with Gasteiger partial charge in [-0.2, -0.15) is 0 Å². The van der Waals surface area contributed by atoms with Gasteiger partial charge in [-0.25, -0.2) is 9.97 Å². The Balaban J connectivity index is 2.01. The fraction of sp³-hybridized carbons (Fsp3) is 0.400. The van der Waals surface area contributed by atoms with Crippen LogP contribution in [0.3, 0.4) is 0 Å². The van der Waals surface area contributed by atoms with Gasteiger partial charge in [-0.1, -0.05) is 12.2 Å². The number of hydrogen-bond donors (Lipinski definition) is 1. The van der Waals surface area contributed by atoms with Gasteiger partial charge in [-0.15, -0.1) is 0 Å². The second kappa shape index (κ2) is 4.09. The summed E-state index contributed by atoms with van der Waals surface area (Å²) in [5.41, 5.74) is 0. The summed E-state index contributed by atoms with van der Waals surface area (Å²) in [5, 5.41) is 3.32. The second-order valence-corrected chi connectivity index (χ2v) is 3.23. The van der Waals surface area contributed by atoms with Crippen molar-refractivity contribution in [2.24, 2.45) is 0 Å². The number of methoxy groups -OCH3 is 1. The molecule has 0 bridgehead atoms. The molecule has 0 saturated carbocycles. The molecule has 0 atom stereocenters. The smallest absolute Gasteiger partial charge is 0.218 e. The van der Waals surface area contributed by atoms with Gasteiger partial charge < -0.3 is 10.1 Å². The Morgan fingerprint density at radius 2 is 2.14 bits per heavy atom. The number of hydrogen-bond acceptors (Lipinski definition) is 4. The van der Waals surface area contributed by atoms with E-state index in [0.29, 0.717) is 11.9 Å². The van der Waals surface area contributed by atoms with Crippen molar-refractivity contribution in [2.45, 2.75) is 18.9 Å². The number of nitrogens with zero attached hydrogens (tertiary/aromatic N) is 2. The molecular weight excluding hydrogens is 178 g/mol. The summed E-state index contributed by atoms with van der Waals surface area (Å²) >= 11 is 0. The van der Waals surface area contributed by atoms with Crippen molar-refractivity contribution in [1.29, 1.82) is 0 Å². The first-order chi connectivity index (χ1) is 6.88. The molecule has 1 aliphatic rings. The van der Waals surface area contributed by atoms with Crippen LogP contribution in [0, 0.1) is 0 Å². The van der Waals surface area contributed by atoms with Crippen LogP contribution in [0.4, 0.5) is 5.82 Å². The molecule has 1 N–H and O–H groups in total. The predicted octanol–water partition coefficient (Wildman–Crippen LogP) is 1.62. The van der Waals surface area contributed by atoms with Crippen LogP contribution < -0.4 is 10.1 Å². The first kappa shape index (κ1) is 8.99. The monoisotopic (exact) mass is 191 g/mol. The molecule has 4 nitrogen and oxygen atoms in total. The zero-order valence-corrected chi connectivity index (χ0v) is 8.10. The summed E-state index contributed by atoms with van der Waals surface area (Å²) in [4.78, 5) is 8.06. The van der Waals surface area contributed by atoms with Crippen molar-refractivity contribution >= 4 is 5.82 Å². The lowest BCUT2D eigenvalue weighted by Crippen LogP contribution is -2.15. The molecule has 0 unspecified atom stereocenters. The van der Waals surface area contributed by atoms with Crippen LogP contribution in [0.1, 0.15) is 12.8 Å². The van der Waals surface area contributed by atoms with E-state index in [1.165, 1.54) is 6.33 Å². The van der Waals surface area contributed by atoms with Gasteiger partial charge in [0.05, 0.1) is 7.11 Å². The number of ether oxygens (including phenoxy) is 1. The van der Waals surface area contributed by atoms with Crippen LogP contribution in [0.25, 0.3) is 0 Å². The minimum atomic E-state index is 0.467. The third-order valence-electron chi connectivity index (χ3n) is 2.21. The van der Waals surface area contributed by atoms with Crippen LogP contribution in [0.15, 0.2) is 24.5 Å². The molecule has 1 aromatic rings. The number of anilines is 1. The molecule has 14 heavy (non-hydrogen) atoms. The minimum Gasteiger partial charge on any atom is -0.481 e. The van der Waals surface area contributed by atoms with Gasteiger partial charge >= 0.3 is 0 Å². The first-order valence-electron chi connectivity index (χ1n) is 4.66. The Morgan fingerprint density at radius 1 is 1.36 bits per heavy atom. The molecule has 1 aromatic heterocycles. The fourth-order valence-corrected chi connectivity index (χ4v) is 1.47. The zero-order chi connectivity index (χ0) is 9.80. The highest BCUT2D eigenvalue weighted by atomic mass is 16.5. The Labute approximate surface area is 83.0 Å². The van der Waals surface area contributed by atoms with Crippen molar-refractivity contribution in [3.8, 4) is 5.88 Å². The van der Waals surface area contributed by atoms with E-state index in [9.17, 15) is 0 Å². The SMILES string of the molecule is COc1cc(NC2CC=CC2)ncn1. The summed E-state index contributed by atoms with van der Waals surface area (Å²) in [5.74, 6) is 1.42. The zero-order valence-electron chi connectivity index (χ0n) is 8.10. The van der Waals surface area contributed by atoms with Crippen LogP contribution in [-0.4, -0.2) is 23.1 Å². The van der Waals surface area contributed by atoms with Crippen molar-refractivity contribution in [3.63, 3.8) is 0 Å². The molecule has 1 aliphatic carbocycles. The lowest BCUT2D eigenvalue weighted by molar-refractivity contribution is 0.397. The normalized spacial score (nSPS) is 15.8. The largest absolute Gasteiger partial charge is 0.481 e. The maximum atomic E-state index is 5.01.